The number of rotatable bonds is 7. The molecule has 0 spiro atoms. The van der Waals surface area contributed by atoms with Gasteiger partial charge < -0.3 is 0 Å². The molecule has 1 unspecified atom stereocenters. The summed E-state index contributed by atoms with van der Waals surface area (Å²) in [6.07, 6.45) is 2.21. The maximum absolute atomic E-state index is 5.40. The second kappa shape index (κ2) is 7.65. The molecule has 72 valence electrons. The van der Waals surface area contributed by atoms with Gasteiger partial charge in [0.25, 0.3) is 0 Å². The predicted octanol–water partition coefficient (Wildman–Crippen LogP) is 1.93. The molecule has 3 heteroatoms. The number of nitrogens with two attached hydrogens (primary N) is 1. The minimum Gasteiger partial charge on any atom is -0.271 e. The van der Waals surface area contributed by atoms with E-state index in [9.17, 15) is 0 Å². The van der Waals surface area contributed by atoms with E-state index in [2.05, 4.69) is 18.9 Å². The fourth-order valence-corrected chi connectivity index (χ4v) is 1.91. The quantitative estimate of drug-likeness (QED) is 0.277. The maximum atomic E-state index is 5.40. The molecule has 0 aliphatic rings. The molecule has 1 atom stereocenters. The van der Waals surface area contributed by atoms with Gasteiger partial charge in [0.1, 0.15) is 0 Å². The van der Waals surface area contributed by atoms with Crippen LogP contribution in [0.25, 0.3) is 0 Å². The Hall–Kier alpha value is 0.01000. The first kappa shape index (κ1) is 12.0. The van der Waals surface area contributed by atoms with Crippen LogP contribution in [0, 0.1) is 0 Å². The van der Waals surface area contributed by atoms with Crippen molar-refractivity contribution in [2.24, 2.45) is 5.84 Å². The van der Waals surface area contributed by atoms with Crippen molar-refractivity contribution < 1.29 is 0 Å². The number of hydrogen-bond acceptors (Lipinski definition) is 3. The Labute approximate surface area is 80.0 Å². The molecule has 0 saturated carbocycles. The third-order valence-electron chi connectivity index (χ3n) is 1.50. The molecule has 0 aliphatic heterocycles. The van der Waals surface area contributed by atoms with Crippen molar-refractivity contribution in [1.82, 2.24) is 5.43 Å². The summed E-state index contributed by atoms with van der Waals surface area (Å²) in [5.41, 5.74) is 4.00. The predicted molar refractivity (Wildman–Crippen MR) is 58.2 cm³/mol. The minimum atomic E-state index is 0.388. The molecule has 0 radical (unpaired) electrons. The van der Waals surface area contributed by atoms with Gasteiger partial charge in [0.15, 0.2) is 0 Å². The zero-order valence-electron chi connectivity index (χ0n) is 8.10. The largest absolute Gasteiger partial charge is 0.271 e. The average Bonchev–Trinajstić information content (AvgIpc) is 2.02. The number of hydrazine groups is 1. The van der Waals surface area contributed by atoms with Crippen LogP contribution in [-0.2, 0) is 0 Å². The van der Waals surface area contributed by atoms with E-state index >= 15 is 0 Å². The van der Waals surface area contributed by atoms with Crippen LogP contribution in [0.4, 0.5) is 0 Å². The van der Waals surface area contributed by atoms with Crippen LogP contribution in [0.3, 0.4) is 0 Å². The molecule has 0 aliphatic carbocycles. The molecular weight excluding hydrogens is 168 g/mol. The van der Waals surface area contributed by atoms with E-state index in [1.165, 1.54) is 17.7 Å². The van der Waals surface area contributed by atoms with Crippen molar-refractivity contribution in [3.8, 4) is 0 Å². The van der Waals surface area contributed by atoms with Crippen LogP contribution in [0.5, 0.6) is 0 Å². The third-order valence-corrected chi connectivity index (χ3v) is 2.83. The van der Waals surface area contributed by atoms with Gasteiger partial charge in [-0.3, -0.25) is 11.3 Å². The van der Waals surface area contributed by atoms with E-state index in [0.717, 1.165) is 12.2 Å². The fraction of sp³-hybridized carbons (Fsp3) is 0.778. The van der Waals surface area contributed by atoms with E-state index in [4.69, 9.17) is 5.84 Å². The summed E-state index contributed by atoms with van der Waals surface area (Å²) < 4.78 is 0. The summed E-state index contributed by atoms with van der Waals surface area (Å²) in [7, 11) is 0. The van der Waals surface area contributed by atoms with Gasteiger partial charge in [0, 0.05) is 11.8 Å². The average molecular weight is 188 g/mol. The third kappa shape index (κ3) is 6.70. The van der Waals surface area contributed by atoms with Crippen molar-refractivity contribution in [2.45, 2.75) is 32.7 Å². The second-order valence-electron chi connectivity index (χ2n) is 3.10. The van der Waals surface area contributed by atoms with Gasteiger partial charge in [-0.25, -0.2) is 0 Å². The molecule has 0 amide bonds. The smallest absolute Gasteiger partial charge is 0.0338 e. The second-order valence-corrected chi connectivity index (χ2v) is 4.25. The lowest BCUT2D eigenvalue weighted by molar-refractivity contribution is 0.573. The Bertz CT molecular complexity index is 126. The van der Waals surface area contributed by atoms with Gasteiger partial charge >= 0.3 is 0 Å². The monoisotopic (exact) mass is 188 g/mol. The van der Waals surface area contributed by atoms with Crippen molar-refractivity contribution in [3.63, 3.8) is 0 Å². The highest BCUT2D eigenvalue weighted by Gasteiger charge is 2.05. The van der Waals surface area contributed by atoms with Crippen molar-refractivity contribution in [1.29, 1.82) is 0 Å². The fourth-order valence-electron chi connectivity index (χ4n) is 0.957. The highest BCUT2D eigenvalue weighted by atomic mass is 32.2. The van der Waals surface area contributed by atoms with Crippen LogP contribution < -0.4 is 11.3 Å². The van der Waals surface area contributed by atoms with E-state index in [0.29, 0.717) is 6.04 Å². The Morgan fingerprint density at radius 3 is 2.75 bits per heavy atom. The molecule has 0 saturated heterocycles. The Balaban J connectivity index is 3.46. The summed E-state index contributed by atoms with van der Waals surface area (Å²) in [5, 5.41) is 0. The van der Waals surface area contributed by atoms with Gasteiger partial charge in [-0.1, -0.05) is 12.5 Å². The van der Waals surface area contributed by atoms with Crippen molar-refractivity contribution in [2.75, 3.05) is 11.5 Å². The molecule has 3 N–H and O–H groups in total. The normalized spacial score (nSPS) is 12.9. The van der Waals surface area contributed by atoms with E-state index < -0.39 is 0 Å². The Kier molecular flexibility index (Phi) is 7.65. The molecule has 0 bridgehead atoms. The Morgan fingerprint density at radius 2 is 2.33 bits per heavy atom. The highest BCUT2D eigenvalue weighted by Crippen LogP contribution is 2.09. The lowest BCUT2D eigenvalue weighted by Gasteiger charge is -2.14. The number of nitrogens with one attached hydrogen (secondary N) is 1. The van der Waals surface area contributed by atoms with Gasteiger partial charge in [-0.2, -0.15) is 11.8 Å². The van der Waals surface area contributed by atoms with Crippen molar-refractivity contribution in [3.05, 3.63) is 12.2 Å². The first-order chi connectivity index (χ1) is 5.70. The number of thioether (sulfide) groups is 1. The van der Waals surface area contributed by atoms with E-state index in [1.807, 2.05) is 18.7 Å². The first-order valence-electron chi connectivity index (χ1n) is 4.39. The zero-order valence-corrected chi connectivity index (χ0v) is 8.91. The molecule has 0 aromatic rings. The number of hydrogen-bond donors (Lipinski definition) is 2. The van der Waals surface area contributed by atoms with Crippen molar-refractivity contribution >= 4 is 11.8 Å². The Morgan fingerprint density at radius 1 is 1.67 bits per heavy atom. The van der Waals surface area contributed by atoms with Crippen LogP contribution in [0.2, 0.25) is 0 Å². The SMILES string of the molecule is C=C(C)CC(CSCCC)NN. The summed E-state index contributed by atoms with van der Waals surface area (Å²) in [6, 6.07) is 0.388. The van der Waals surface area contributed by atoms with Crippen LogP contribution in [0.15, 0.2) is 12.2 Å². The highest BCUT2D eigenvalue weighted by molar-refractivity contribution is 7.99. The molecular formula is C9H20N2S. The minimum absolute atomic E-state index is 0.388. The molecule has 0 heterocycles. The first-order valence-corrected chi connectivity index (χ1v) is 5.54. The lowest BCUT2D eigenvalue weighted by Crippen LogP contribution is -2.37. The molecule has 0 aromatic heterocycles. The van der Waals surface area contributed by atoms with Crippen LogP contribution in [0.1, 0.15) is 26.7 Å². The van der Waals surface area contributed by atoms with Gasteiger partial charge in [0.2, 0.25) is 0 Å². The molecule has 0 rings (SSSR count). The van der Waals surface area contributed by atoms with E-state index in [1.54, 1.807) is 0 Å². The standard InChI is InChI=1S/C9H20N2S/c1-4-5-12-7-9(11-10)6-8(2)3/h9,11H,2,4-7,10H2,1,3H3. The van der Waals surface area contributed by atoms with Crippen LogP contribution in [-0.4, -0.2) is 17.5 Å². The molecule has 0 aromatic carbocycles. The molecule has 2 nitrogen and oxygen atoms in total. The maximum Gasteiger partial charge on any atom is 0.0338 e. The molecule has 0 fully saturated rings. The summed E-state index contributed by atoms with van der Waals surface area (Å²) >= 11 is 1.94. The van der Waals surface area contributed by atoms with E-state index in [-0.39, 0.29) is 0 Å². The summed E-state index contributed by atoms with van der Waals surface area (Å²) in [6.45, 7) is 8.09. The summed E-state index contributed by atoms with van der Waals surface area (Å²) in [4.78, 5) is 0. The molecule has 12 heavy (non-hydrogen) atoms. The van der Waals surface area contributed by atoms with Gasteiger partial charge in [-0.05, 0) is 25.5 Å². The van der Waals surface area contributed by atoms with Gasteiger partial charge in [-0.15, -0.1) is 6.58 Å². The topological polar surface area (TPSA) is 38.0 Å². The lowest BCUT2D eigenvalue weighted by atomic mass is 10.1. The summed E-state index contributed by atoms with van der Waals surface area (Å²) in [5.74, 6) is 7.70. The zero-order chi connectivity index (χ0) is 9.40. The van der Waals surface area contributed by atoms with Gasteiger partial charge in [0.05, 0.1) is 0 Å². The van der Waals surface area contributed by atoms with Crippen LogP contribution >= 0.6 is 11.8 Å².